The van der Waals surface area contributed by atoms with E-state index in [1.165, 1.54) is 56.9 Å². The maximum absolute atomic E-state index is 13.8. The first-order valence-electron chi connectivity index (χ1n) is 9.04. The van der Waals surface area contributed by atoms with Crippen LogP contribution in [0.4, 0.5) is 4.39 Å². The van der Waals surface area contributed by atoms with Crippen molar-refractivity contribution in [3.8, 4) is 0 Å². The molecule has 3 rings (SSSR count). The van der Waals surface area contributed by atoms with Gasteiger partial charge in [0.1, 0.15) is 5.82 Å². The molecule has 120 valence electrons. The minimum Gasteiger partial charge on any atom is -0.207 e. The van der Waals surface area contributed by atoms with Gasteiger partial charge in [0.25, 0.3) is 0 Å². The highest BCUT2D eigenvalue weighted by Crippen LogP contribution is 2.48. The van der Waals surface area contributed by atoms with E-state index >= 15 is 0 Å². The fourth-order valence-corrected chi connectivity index (χ4v) is 4.77. The van der Waals surface area contributed by atoms with Gasteiger partial charge in [0, 0.05) is 0 Å². The third-order valence-electron chi connectivity index (χ3n) is 6.17. The van der Waals surface area contributed by atoms with E-state index in [1.807, 2.05) is 13.0 Å². The normalized spacial score (nSPS) is 31.5. The van der Waals surface area contributed by atoms with E-state index in [1.54, 1.807) is 6.07 Å². The first-order valence-corrected chi connectivity index (χ1v) is 9.04. The molecule has 0 amide bonds. The van der Waals surface area contributed by atoms with Crippen LogP contribution < -0.4 is 0 Å². The Kier molecular flexibility index (Phi) is 5.00. The first-order chi connectivity index (χ1) is 10.7. The van der Waals surface area contributed by atoms with Crippen LogP contribution in [0.15, 0.2) is 30.9 Å². The first kappa shape index (κ1) is 15.8. The van der Waals surface area contributed by atoms with Crippen molar-refractivity contribution in [1.82, 2.24) is 0 Å². The van der Waals surface area contributed by atoms with Crippen LogP contribution in [0.2, 0.25) is 0 Å². The lowest BCUT2D eigenvalue weighted by Gasteiger charge is -2.42. The van der Waals surface area contributed by atoms with Gasteiger partial charge in [0.15, 0.2) is 0 Å². The highest BCUT2D eigenvalue weighted by atomic mass is 19.1. The maximum atomic E-state index is 13.8. The van der Waals surface area contributed by atoms with E-state index < -0.39 is 0 Å². The summed E-state index contributed by atoms with van der Waals surface area (Å²) in [7, 11) is 0. The molecular weight excluding hydrogens is 271 g/mol. The van der Waals surface area contributed by atoms with Gasteiger partial charge >= 0.3 is 0 Å². The molecule has 1 aromatic carbocycles. The highest BCUT2D eigenvalue weighted by molar-refractivity contribution is 5.26. The second-order valence-corrected chi connectivity index (χ2v) is 7.58. The Labute approximate surface area is 134 Å². The van der Waals surface area contributed by atoms with Crippen molar-refractivity contribution >= 4 is 0 Å². The summed E-state index contributed by atoms with van der Waals surface area (Å²) in [6.45, 7) is 5.70. The Bertz CT molecular complexity index is 519. The molecule has 0 aromatic heterocycles. The topological polar surface area (TPSA) is 0 Å². The lowest BCUT2D eigenvalue weighted by Crippen LogP contribution is -2.30. The Hall–Kier alpha value is -1.11. The Morgan fingerprint density at radius 2 is 1.91 bits per heavy atom. The fraction of sp³-hybridized carbons (Fsp3) is 0.619. The largest absolute Gasteiger partial charge is 0.207 e. The van der Waals surface area contributed by atoms with Gasteiger partial charge in [0.2, 0.25) is 0 Å². The third kappa shape index (κ3) is 3.45. The standard InChI is InChI=1S/C21H29F/c1-3-4-5-16-7-9-18-13-19(11-10-17(18)12-16)20-8-6-15(2)21(22)14-20/h3,6,8,14,16-19H,1,4-5,7,9-13H2,2H3/t16-,17-,18-,19?/m1/s1. The number of rotatable bonds is 4. The number of benzene rings is 1. The number of allylic oxidation sites excluding steroid dienone is 1. The molecule has 1 heteroatoms. The van der Waals surface area contributed by atoms with Crippen LogP contribution in [0.5, 0.6) is 0 Å². The molecule has 2 aliphatic carbocycles. The monoisotopic (exact) mass is 300 g/mol. The fourth-order valence-electron chi connectivity index (χ4n) is 4.77. The van der Waals surface area contributed by atoms with Crippen LogP contribution in [-0.4, -0.2) is 0 Å². The molecule has 0 bridgehead atoms. The molecule has 0 N–H and O–H groups in total. The molecule has 4 atom stereocenters. The van der Waals surface area contributed by atoms with Crippen LogP contribution in [0.3, 0.4) is 0 Å². The van der Waals surface area contributed by atoms with Crippen molar-refractivity contribution in [2.24, 2.45) is 17.8 Å². The molecule has 1 unspecified atom stereocenters. The molecule has 1 aromatic rings. The molecule has 2 fully saturated rings. The van der Waals surface area contributed by atoms with Gasteiger partial charge in [-0.1, -0.05) is 24.6 Å². The molecule has 0 aliphatic heterocycles. The summed E-state index contributed by atoms with van der Waals surface area (Å²) in [5.74, 6) is 3.28. The van der Waals surface area contributed by atoms with Crippen LogP contribution in [0, 0.1) is 30.5 Å². The summed E-state index contributed by atoms with van der Waals surface area (Å²) in [5.41, 5.74) is 2.00. The summed E-state index contributed by atoms with van der Waals surface area (Å²) < 4.78 is 13.8. The highest BCUT2D eigenvalue weighted by Gasteiger charge is 2.35. The summed E-state index contributed by atoms with van der Waals surface area (Å²) in [5, 5.41) is 0. The van der Waals surface area contributed by atoms with Crippen LogP contribution >= 0.6 is 0 Å². The Morgan fingerprint density at radius 1 is 1.14 bits per heavy atom. The van der Waals surface area contributed by atoms with Crippen molar-refractivity contribution in [2.75, 3.05) is 0 Å². The van der Waals surface area contributed by atoms with Gasteiger partial charge in [-0.3, -0.25) is 0 Å². The number of hydrogen-bond donors (Lipinski definition) is 0. The van der Waals surface area contributed by atoms with E-state index in [0.717, 1.165) is 23.3 Å². The zero-order valence-electron chi connectivity index (χ0n) is 13.9. The van der Waals surface area contributed by atoms with Crippen molar-refractivity contribution < 1.29 is 4.39 Å². The molecule has 0 spiro atoms. The van der Waals surface area contributed by atoms with Crippen LogP contribution in [0.1, 0.15) is 68.4 Å². The van der Waals surface area contributed by atoms with Gasteiger partial charge < -0.3 is 0 Å². The average molecular weight is 300 g/mol. The van der Waals surface area contributed by atoms with E-state index in [-0.39, 0.29) is 5.82 Å². The quantitative estimate of drug-likeness (QED) is 0.564. The average Bonchev–Trinajstić information content (AvgIpc) is 2.55. The van der Waals surface area contributed by atoms with E-state index in [4.69, 9.17) is 0 Å². The summed E-state index contributed by atoms with van der Waals surface area (Å²) >= 11 is 0. The summed E-state index contributed by atoms with van der Waals surface area (Å²) in [6.07, 6.45) is 12.6. The van der Waals surface area contributed by atoms with Crippen molar-refractivity contribution in [3.05, 3.63) is 47.8 Å². The number of halogens is 1. The predicted molar refractivity (Wildman–Crippen MR) is 91.5 cm³/mol. The molecule has 22 heavy (non-hydrogen) atoms. The number of hydrogen-bond acceptors (Lipinski definition) is 0. The molecule has 0 radical (unpaired) electrons. The molecule has 2 saturated carbocycles. The van der Waals surface area contributed by atoms with Gasteiger partial charge in [-0.2, -0.15) is 0 Å². The molecule has 0 nitrogen and oxygen atoms in total. The number of aryl methyl sites for hydroxylation is 1. The minimum atomic E-state index is -0.0345. The third-order valence-corrected chi connectivity index (χ3v) is 6.17. The SMILES string of the molecule is C=CCC[C@@H]1CC[C@@H]2CC(c3ccc(C)c(F)c3)CC[C@@H]2C1. The summed E-state index contributed by atoms with van der Waals surface area (Å²) in [4.78, 5) is 0. The van der Waals surface area contributed by atoms with E-state index in [9.17, 15) is 4.39 Å². The number of fused-ring (bicyclic) bond motifs is 1. The molecule has 0 heterocycles. The minimum absolute atomic E-state index is 0.0345. The van der Waals surface area contributed by atoms with Gasteiger partial charge in [-0.15, -0.1) is 6.58 Å². The zero-order chi connectivity index (χ0) is 15.5. The van der Waals surface area contributed by atoms with Crippen LogP contribution in [-0.2, 0) is 0 Å². The lowest BCUT2D eigenvalue weighted by molar-refractivity contribution is 0.115. The van der Waals surface area contributed by atoms with Crippen molar-refractivity contribution in [1.29, 1.82) is 0 Å². The Balaban J connectivity index is 1.60. The zero-order valence-corrected chi connectivity index (χ0v) is 13.9. The van der Waals surface area contributed by atoms with Crippen molar-refractivity contribution in [3.63, 3.8) is 0 Å². The molecule has 0 saturated heterocycles. The molecule has 2 aliphatic rings. The Morgan fingerprint density at radius 3 is 2.68 bits per heavy atom. The van der Waals surface area contributed by atoms with Gasteiger partial charge in [-0.25, -0.2) is 4.39 Å². The molecular formula is C21H29F. The predicted octanol–water partition coefficient (Wildman–Crippen LogP) is 6.40. The van der Waals surface area contributed by atoms with Gasteiger partial charge in [0.05, 0.1) is 0 Å². The second kappa shape index (κ2) is 6.98. The summed E-state index contributed by atoms with van der Waals surface area (Å²) in [6, 6.07) is 5.89. The van der Waals surface area contributed by atoms with E-state index in [0.29, 0.717) is 5.92 Å². The van der Waals surface area contributed by atoms with Crippen molar-refractivity contribution in [2.45, 2.75) is 64.2 Å². The smallest absolute Gasteiger partial charge is 0.126 e. The lowest BCUT2D eigenvalue weighted by atomic mass is 9.63. The van der Waals surface area contributed by atoms with E-state index in [2.05, 4.69) is 18.7 Å². The van der Waals surface area contributed by atoms with Crippen LogP contribution in [0.25, 0.3) is 0 Å². The second-order valence-electron chi connectivity index (χ2n) is 7.58. The van der Waals surface area contributed by atoms with Gasteiger partial charge in [-0.05, 0) is 92.7 Å². The maximum Gasteiger partial charge on any atom is 0.126 e.